The minimum Gasteiger partial charge on any atom is -0.315 e. The molecule has 0 radical (unpaired) electrons. The van der Waals surface area contributed by atoms with Gasteiger partial charge in [-0.2, -0.15) is 15.5 Å². The van der Waals surface area contributed by atoms with Crippen LogP contribution in [-0.2, 0) is 0 Å². The molecule has 7 nitrogen and oxygen atoms in total. The Morgan fingerprint density at radius 1 is 1.17 bits per heavy atom. The maximum Gasteiger partial charge on any atom is 0.103 e. The van der Waals surface area contributed by atoms with Crippen LogP contribution in [0.4, 0.5) is 0 Å². The average Bonchev–Trinajstić information content (AvgIpc) is 3.43. The summed E-state index contributed by atoms with van der Waals surface area (Å²) < 4.78 is 3.80. The van der Waals surface area contributed by atoms with Crippen molar-refractivity contribution >= 4 is 28.9 Å². The Labute approximate surface area is 182 Å². The van der Waals surface area contributed by atoms with Gasteiger partial charge in [-0.05, 0) is 37.6 Å². The van der Waals surface area contributed by atoms with Crippen molar-refractivity contribution in [1.29, 1.82) is 5.26 Å². The Balaban J connectivity index is 1.55. The topological polar surface area (TPSA) is 83.8 Å². The fraction of sp³-hybridized carbons (Fsp3) is 0.238. The Kier molecular flexibility index (Phi) is 5.17. The van der Waals surface area contributed by atoms with Crippen LogP contribution in [0.3, 0.4) is 0 Å². The molecule has 1 aliphatic heterocycles. The predicted molar refractivity (Wildman–Crippen MR) is 116 cm³/mol. The molecule has 1 N–H and O–H groups in total. The van der Waals surface area contributed by atoms with E-state index in [1.165, 1.54) is 11.8 Å². The van der Waals surface area contributed by atoms with Crippen LogP contribution < -0.4 is 5.32 Å². The van der Waals surface area contributed by atoms with Gasteiger partial charge in [-0.25, -0.2) is 9.50 Å². The second kappa shape index (κ2) is 8.11. The number of hydrogen-bond acceptors (Lipinski definition) is 6. The Morgan fingerprint density at radius 3 is 2.87 bits per heavy atom. The molecular formula is C21H18ClN7S. The van der Waals surface area contributed by atoms with E-state index in [1.807, 2.05) is 29.2 Å². The summed E-state index contributed by atoms with van der Waals surface area (Å²) in [4.78, 5) is 5.29. The Hall–Kier alpha value is -2.86. The number of hydrogen-bond donors (Lipinski definition) is 1. The molecule has 30 heavy (non-hydrogen) atoms. The average molecular weight is 436 g/mol. The van der Waals surface area contributed by atoms with Gasteiger partial charge in [-0.15, -0.1) is 0 Å². The van der Waals surface area contributed by atoms with E-state index in [0.717, 1.165) is 52.5 Å². The molecule has 0 bridgehead atoms. The van der Waals surface area contributed by atoms with E-state index >= 15 is 0 Å². The highest BCUT2D eigenvalue weighted by atomic mass is 35.5. The smallest absolute Gasteiger partial charge is 0.103 e. The number of fused-ring (bicyclic) bond motifs is 1. The number of halogens is 1. The molecule has 0 spiro atoms. The van der Waals surface area contributed by atoms with Gasteiger partial charge in [0, 0.05) is 41.2 Å². The van der Waals surface area contributed by atoms with Crippen LogP contribution in [0.2, 0.25) is 5.02 Å². The van der Waals surface area contributed by atoms with Gasteiger partial charge in [0.15, 0.2) is 0 Å². The lowest BCUT2D eigenvalue weighted by Gasteiger charge is -2.22. The number of pyridine rings is 2. The minimum atomic E-state index is 0.373. The molecule has 0 aromatic carbocycles. The second-order valence-electron chi connectivity index (χ2n) is 7.18. The molecule has 1 atom stereocenters. The summed E-state index contributed by atoms with van der Waals surface area (Å²) in [6.45, 7) is 2.01. The van der Waals surface area contributed by atoms with Crippen LogP contribution in [0.25, 0.3) is 16.6 Å². The molecule has 4 aromatic heterocycles. The number of rotatable bonds is 4. The predicted octanol–water partition coefficient (Wildman–Crippen LogP) is 4.19. The first-order chi connectivity index (χ1) is 14.7. The normalized spacial score (nSPS) is 16.6. The molecular weight excluding hydrogens is 418 g/mol. The highest BCUT2D eigenvalue weighted by Crippen LogP contribution is 2.35. The van der Waals surface area contributed by atoms with Gasteiger partial charge in [0.25, 0.3) is 0 Å². The fourth-order valence-electron chi connectivity index (χ4n) is 3.68. The van der Waals surface area contributed by atoms with E-state index < -0.39 is 0 Å². The monoisotopic (exact) mass is 435 g/mol. The van der Waals surface area contributed by atoms with Crippen molar-refractivity contribution in [3.63, 3.8) is 0 Å². The lowest BCUT2D eigenvalue weighted by atomic mass is 10.1. The zero-order chi connectivity index (χ0) is 20.5. The Bertz CT molecular complexity index is 1230. The highest BCUT2D eigenvalue weighted by molar-refractivity contribution is 7.99. The number of nitriles is 1. The first kappa shape index (κ1) is 19.1. The summed E-state index contributed by atoms with van der Waals surface area (Å²) in [6.07, 6.45) is 11.4. The molecule has 0 aliphatic carbocycles. The van der Waals surface area contributed by atoms with Crippen molar-refractivity contribution in [1.82, 2.24) is 29.7 Å². The fourth-order valence-corrected chi connectivity index (χ4v) is 4.75. The largest absolute Gasteiger partial charge is 0.315 e. The molecule has 4 aromatic rings. The first-order valence-corrected chi connectivity index (χ1v) is 10.9. The number of piperidine rings is 1. The third kappa shape index (κ3) is 3.67. The van der Waals surface area contributed by atoms with Crippen LogP contribution in [0.5, 0.6) is 0 Å². The van der Waals surface area contributed by atoms with Gasteiger partial charge >= 0.3 is 0 Å². The van der Waals surface area contributed by atoms with E-state index in [0.29, 0.717) is 16.6 Å². The van der Waals surface area contributed by atoms with E-state index in [-0.39, 0.29) is 0 Å². The third-order valence-electron chi connectivity index (χ3n) is 5.19. The quantitative estimate of drug-likeness (QED) is 0.517. The van der Waals surface area contributed by atoms with Crippen LogP contribution in [0.15, 0.2) is 59.1 Å². The van der Waals surface area contributed by atoms with Gasteiger partial charge in [-0.1, -0.05) is 23.4 Å². The molecule has 150 valence electrons. The number of nitrogens with one attached hydrogen (secondary N) is 1. The van der Waals surface area contributed by atoms with Gasteiger partial charge in [0.05, 0.1) is 34.5 Å². The molecule has 9 heteroatoms. The SMILES string of the molecule is N#Cc1cnn2cc(-c3cnn([C@H]4CCCNC4)c3)cc(Sc3ccc(Cl)cn3)c12. The van der Waals surface area contributed by atoms with Crippen molar-refractivity contribution in [3.05, 3.63) is 59.8 Å². The summed E-state index contributed by atoms with van der Waals surface area (Å²) in [7, 11) is 0. The molecule has 0 unspecified atom stereocenters. The third-order valence-corrected chi connectivity index (χ3v) is 6.40. The maximum absolute atomic E-state index is 9.52. The maximum atomic E-state index is 9.52. The molecule has 5 rings (SSSR count). The number of nitrogens with zero attached hydrogens (tertiary/aromatic N) is 6. The zero-order valence-corrected chi connectivity index (χ0v) is 17.6. The molecule has 5 heterocycles. The second-order valence-corrected chi connectivity index (χ2v) is 8.68. The summed E-state index contributed by atoms with van der Waals surface area (Å²) in [6, 6.07) is 8.35. The van der Waals surface area contributed by atoms with Gasteiger partial charge in [0.2, 0.25) is 0 Å². The summed E-state index contributed by atoms with van der Waals surface area (Å²) in [5.41, 5.74) is 3.30. The van der Waals surface area contributed by atoms with Crippen molar-refractivity contribution in [2.45, 2.75) is 28.8 Å². The van der Waals surface area contributed by atoms with Crippen LogP contribution in [-0.4, -0.2) is 37.5 Å². The van der Waals surface area contributed by atoms with Crippen molar-refractivity contribution in [2.75, 3.05) is 13.1 Å². The lowest BCUT2D eigenvalue weighted by molar-refractivity contribution is 0.347. The standard InChI is InChI=1S/C21H18ClN7S/c22-17-3-4-20(25-10-17)30-19-6-14(12-29-21(19)15(7-23)8-27-29)16-9-26-28(13-16)18-2-1-5-24-11-18/h3-4,6,8-10,12-13,18,24H,1-2,5,11H2/t18-/m0/s1. The Morgan fingerprint density at radius 2 is 2.10 bits per heavy atom. The van der Waals surface area contributed by atoms with E-state index in [9.17, 15) is 5.26 Å². The summed E-state index contributed by atoms with van der Waals surface area (Å²) in [5.74, 6) is 0. The van der Waals surface area contributed by atoms with Crippen LogP contribution in [0.1, 0.15) is 24.4 Å². The molecule has 0 saturated carbocycles. The zero-order valence-electron chi connectivity index (χ0n) is 16.0. The van der Waals surface area contributed by atoms with Gasteiger partial charge in [0.1, 0.15) is 11.1 Å². The van der Waals surface area contributed by atoms with Crippen LogP contribution in [0, 0.1) is 11.3 Å². The van der Waals surface area contributed by atoms with Gasteiger partial charge < -0.3 is 5.32 Å². The molecule has 1 aliphatic rings. The van der Waals surface area contributed by atoms with Crippen molar-refractivity contribution < 1.29 is 0 Å². The molecule has 1 saturated heterocycles. The molecule has 0 amide bonds. The summed E-state index contributed by atoms with van der Waals surface area (Å²) in [5, 5.41) is 23.3. The van der Waals surface area contributed by atoms with Crippen molar-refractivity contribution in [2.24, 2.45) is 0 Å². The minimum absolute atomic E-state index is 0.373. The van der Waals surface area contributed by atoms with Crippen molar-refractivity contribution in [3.8, 4) is 17.2 Å². The number of aromatic nitrogens is 5. The van der Waals surface area contributed by atoms with E-state index in [2.05, 4.69) is 38.8 Å². The highest BCUT2D eigenvalue weighted by Gasteiger charge is 2.18. The van der Waals surface area contributed by atoms with E-state index in [1.54, 1.807) is 16.9 Å². The van der Waals surface area contributed by atoms with Gasteiger partial charge in [-0.3, -0.25) is 4.68 Å². The molecule has 1 fully saturated rings. The first-order valence-electron chi connectivity index (χ1n) is 9.67. The van der Waals surface area contributed by atoms with E-state index in [4.69, 9.17) is 11.6 Å². The van der Waals surface area contributed by atoms with Crippen LogP contribution >= 0.6 is 23.4 Å². The lowest BCUT2D eigenvalue weighted by Crippen LogP contribution is -2.31. The summed E-state index contributed by atoms with van der Waals surface area (Å²) >= 11 is 7.45.